The Labute approximate surface area is 222 Å². The normalized spacial score (nSPS) is 21.2. The first kappa shape index (κ1) is 30.2. The van der Waals surface area contributed by atoms with Gasteiger partial charge in [-0.2, -0.15) is 0 Å². The highest BCUT2D eigenvalue weighted by atomic mass is 32.2. The van der Waals surface area contributed by atoms with E-state index in [0.717, 1.165) is 4.90 Å². The van der Waals surface area contributed by atoms with Crippen molar-refractivity contribution in [3.8, 4) is 11.8 Å². The van der Waals surface area contributed by atoms with Gasteiger partial charge in [0.1, 0.15) is 5.78 Å². The zero-order chi connectivity index (χ0) is 26.8. The number of ketones is 1. The van der Waals surface area contributed by atoms with Gasteiger partial charge in [0.05, 0.1) is 26.6 Å². The lowest BCUT2D eigenvalue weighted by atomic mass is 9.88. The second-order valence-electron chi connectivity index (χ2n) is 10.7. The minimum absolute atomic E-state index is 0.000284. The summed E-state index contributed by atoms with van der Waals surface area (Å²) in [6, 6.07) is 10.2. The van der Waals surface area contributed by atoms with Crippen LogP contribution in [0.1, 0.15) is 52.9 Å². The van der Waals surface area contributed by atoms with Gasteiger partial charge in [-0.1, -0.05) is 39.0 Å². The Morgan fingerprint density at radius 3 is 2.50 bits per heavy atom. The summed E-state index contributed by atoms with van der Waals surface area (Å²) in [7, 11) is 0.933. The van der Waals surface area contributed by atoms with Crippen molar-refractivity contribution in [2.45, 2.75) is 87.3 Å². The second kappa shape index (κ2) is 14.1. The second-order valence-corrected chi connectivity index (χ2v) is 16.7. The molecule has 1 aliphatic carbocycles. The maximum atomic E-state index is 13.4. The predicted molar refractivity (Wildman–Crippen MR) is 149 cm³/mol. The number of methoxy groups -OCH3 is 2. The zero-order valence-electron chi connectivity index (χ0n) is 22.8. The number of ether oxygens (including phenoxy) is 2. The molecule has 7 heteroatoms. The van der Waals surface area contributed by atoms with Gasteiger partial charge in [-0.25, -0.2) is 0 Å². The topological polar surface area (TPSA) is 61.8 Å². The van der Waals surface area contributed by atoms with E-state index in [1.54, 1.807) is 25.1 Å². The van der Waals surface area contributed by atoms with Crippen LogP contribution < -0.4 is 0 Å². The van der Waals surface area contributed by atoms with Crippen molar-refractivity contribution in [1.82, 2.24) is 0 Å². The highest BCUT2D eigenvalue weighted by Crippen LogP contribution is 2.46. The molecule has 0 heterocycles. The van der Waals surface area contributed by atoms with Crippen molar-refractivity contribution < 1.29 is 23.5 Å². The molecule has 36 heavy (non-hydrogen) atoms. The molecule has 1 aliphatic rings. The molecule has 0 spiro atoms. The number of esters is 1. The van der Waals surface area contributed by atoms with E-state index >= 15 is 0 Å². The minimum atomic E-state index is -2.10. The van der Waals surface area contributed by atoms with Gasteiger partial charge in [-0.15, -0.1) is 23.6 Å². The predicted octanol–water partition coefficient (Wildman–Crippen LogP) is 6.64. The van der Waals surface area contributed by atoms with Crippen LogP contribution in [0.2, 0.25) is 18.1 Å². The van der Waals surface area contributed by atoms with E-state index in [1.165, 1.54) is 7.11 Å². The molecule has 0 amide bonds. The summed E-state index contributed by atoms with van der Waals surface area (Å²) in [5.74, 6) is 6.16. The molecule has 1 aromatic rings. The average Bonchev–Trinajstić information content (AvgIpc) is 3.12. The molecule has 0 aliphatic heterocycles. The fourth-order valence-corrected chi connectivity index (χ4v) is 6.72. The summed E-state index contributed by atoms with van der Waals surface area (Å²) in [5, 5.41) is 0.0439. The number of carbonyl (C=O) groups excluding carboxylic acids is 2. The third kappa shape index (κ3) is 8.83. The third-order valence-corrected chi connectivity index (χ3v) is 12.9. The van der Waals surface area contributed by atoms with Gasteiger partial charge in [-0.05, 0) is 42.8 Å². The van der Waals surface area contributed by atoms with Crippen LogP contribution in [-0.2, 0) is 23.5 Å². The molecule has 1 aromatic carbocycles. The summed E-state index contributed by atoms with van der Waals surface area (Å²) in [5.41, 5.74) is 0. The molecule has 1 saturated carbocycles. The molecule has 0 saturated heterocycles. The Balaban J connectivity index is 2.32. The van der Waals surface area contributed by atoms with E-state index in [9.17, 15) is 9.59 Å². The molecule has 0 radical (unpaired) electrons. The van der Waals surface area contributed by atoms with E-state index in [-0.39, 0.29) is 40.0 Å². The monoisotopic (exact) mass is 530 g/mol. The highest BCUT2D eigenvalue weighted by molar-refractivity contribution is 8.00. The largest absolute Gasteiger partial charge is 0.505 e. The Bertz CT molecular complexity index is 942. The Morgan fingerprint density at radius 1 is 1.19 bits per heavy atom. The number of benzene rings is 1. The zero-order valence-corrected chi connectivity index (χ0v) is 24.7. The Kier molecular flexibility index (Phi) is 11.8. The molecule has 0 N–H and O–H groups in total. The van der Waals surface area contributed by atoms with Crippen molar-refractivity contribution in [1.29, 1.82) is 0 Å². The van der Waals surface area contributed by atoms with Crippen molar-refractivity contribution >= 4 is 31.8 Å². The molecule has 5 nitrogen and oxygen atoms in total. The van der Waals surface area contributed by atoms with Crippen molar-refractivity contribution in [3.63, 3.8) is 0 Å². The number of rotatable bonds is 11. The SMILES string of the molecule is CO/C=C/C(Sc1ccccc1)[C@H]1[C@H](O[Si](C)(C)C(C)(C)C)CC(=O)[C@@H]1CC#CCCCC(=O)OC. The fourth-order valence-electron chi connectivity index (χ4n) is 4.08. The fraction of sp³-hybridized carbons (Fsp3) is 0.586. The van der Waals surface area contributed by atoms with Gasteiger partial charge in [0.2, 0.25) is 0 Å². The van der Waals surface area contributed by atoms with Crippen LogP contribution in [0.3, 0.4) is 0 Å². The number of thioether (sulfide) groups is 1. The Hall–Kier alpha value is -2.01. The third-order valence-electron chi connectivity index (χ3n) is 7.12. The van der Waals surface area contributed by atoms with E-state index < -0.39 is 8.32 Å². The summed E-state index contributed by atoms with van der Waals surface area (Å²) >= 11 is 1.74. The summed E-state index contributed by atoms with van der Waals surface area (Å²) in [4.78, 5) is 25.8. The molecule has 1 unspecified atom stereocenters. The summed E-state index contributed by atoms with van der Waals surface area (Å²) in [6.45, 7) is 11.2. The van der Waals surface area contributed by atoms with E-state index in [1.807, 2.05) is 18.2 Å². The number of hydrogen-bond donors (Lipinski definition) is 0. The van der Waals surface area contributed by atoms with Crippen LogP contribution in [0.5, 0.6) is 0 Å². The molecule has 1 fully saturated rings. The van der Waals surface area contributed by atoms with Crippen LogP contribution in [0.25, 0.3) is 0 Å². The molecule has 4 atom stereocenters. The number of Topliss-reactive ketones (excluding diaryl/α,β-unsaturated/α-hetero) is 1. The Morgan fingerprint density at radius 2 is 1.89 bits per heavy atom. The van der Waals surface area contributed by atoms with Gasteiger partial charge in [-0.3, -0.25) is 9.59 Å². The van der Waals surface area contributed by atoms with Gasteiger partial charge < -0.3 is 13.9 Å². The quantitative estimate of drug-likeness (QED) is 0.0798. The van der Waals surface area contributed by atoms with Gasteiger partial charge in [0.25, 0.3) is 0 Å². The average molecular weight is 531 g/mol. The van der Waals surface area contributed by atoms with Gasteiger partial charge >= 0.3 is 5.97 Å². The minimum Gasteiger partial charge on any atom is -0.505 e. The molecular formula is C29H42O5SSi. The van der Waals surface area contributed by atoms with E-state index in [2.05, 4.69) is 68.7 Å². The van der Waals surface area contributed by atoms with Crippen molar-refractivity contribution in [2.75, 3.05) is 14.2 Å². The first-order chi connectivity index (χ1) is 17.0. The lowest BCUT2D eigenvalue weighted by Gasteiger charge is -2.41. The van der Waals surface area contributed by atoms with Crippen LogP contribution in [0.4, 0.5) is 0 Å². The maximum Gasteiger partial charge on any atom is 0.305 e. The molecule has 0 bridgehead atoms. The van der Waals surface area contributed by atoms with Gasteiger partial charge in [0.15, 0.2) is 8.32 Å². The van der Waals surface area contributed by atoms with Gasteiger partial charge in [0, 0.05) is 47.7 Å². The van der Waals surface area contributed by atoms with Crippen LogP contribution in [0, 0.1) is 23.7 Å². The lowest BCUT2D eigenvalue weighted by molar-refractivity contribution is -0.140. The first-order valence-electron chi connectivity index (χ1n) is 12.6. The summed E-state index contributed by atoms with van der Waals surface area (Å²) < 4.78 is 16.9. The summed E-state index contributed by atoms with van der Waals surface area (Å²) in [6.07, 6.45) is 6.13. The smallest absolute Gasteiger partial charge is 0.305 e. The number of carbonyl (C=O) groups is 2. The van der Waals surface area contributed by atoms with E-state index in [4.69, 9.17) is 9.16 Å². The molecule has 198 valence electrons. The highest BCUT2D eigenvalue weighted by Gasteiger charge is 2.50. The van der Waals surface area contributed by atoms with E-state index in [0.29, 0.717) is 32.1 Å². The molecule has 0 aromatic heterocycles. The molecular weight excluding hydrogens is 488 g/mol. The first-order valence-corrected chi connectivity index (χ1v) is 16.4. The van der Waals surface area contributed by atoms with Crippen LogP contribution >= 0.6 is 11.8 Å². The number of unbranched alkanes of at least 4 members (excludes halogenated alkanes) is 1. The lowest BCUT2D eigenvalue weighted by Crippen LogP contribution is -2.46. The molecule has 2 rings (SSSR count). The van der Waals surface area contributed by atoms with Crippen LogP contribution in [-0.4, -0.2) is 45.6 Å². The number of hydrogen-bond acceptors (Lipinski definition) is 6. The van der Waals surface area contributed by atoms with Crippen LogP contribution in [0.15, 0.2) is 47.6 Å². The van der Waals surface area contributed by atoms with Crippen molar-refractivity contribution in [2.24, 2.45) is 11.8 Å². The van der Waals surface area contributed by atoms with Crippen molar-refractivity contribution in [3.05, 3.63) is 42.7 Å². The maximum absolute atomic E-state index is 13.4. The standard InChI is InChI=1S/C29H42O5SSi/c1-29(2,3)36(6,7)34-25-21-24(30)23(17-13-8-9-14-18-27(31)33-5)28(25)26(19-20-32-4)35-22-15-11-10-12-16-22/h10-12,15-16,19-20,23,25-26,28H,9,14,17-18,21H2,1-7H3/b20-19+/t23-,25+,26?,28+/m0/s1.